The third-order valence-electron chi connectivity index (χ3n) is 3.02. The second-order valence-corrected chi connectivity index (χ2v) is 4.87. The molecule has 2 rings (SSSR count). The summed E-state index contributed by atoms with van der Waals surface area (Å²) in [5.74, 6) is 0.160. The molecule has 1 atom stereocenters. The van der Waals surface area contributed by atoms with Gasteiger partial charge in [0.15, 0.2) is 5.78 Å². The summed E-state index contributed by atoms with van der Waals surface area (Å²) in [4.78, 5) is 23.5. The van der Waals surface area contributed by atoms with Crippen LogP contribution in [-0.2, 0) is 0 Å². The standard InChI is InChI=1S/C14H18N2O2/c1-9(2)15-14(18)16-12-7-8-13(17)11-6-4-3-5-10(11)12/h3-6,9,12H,7-8H2,1-2H3,(H2,15,16,18). The highest BCUT2D eigenvalue weighted by Gasteiger charge is 2.26. The van der Waals surface area contributed by atoms with Crippen LogP contribution in [0.1, 0.15) is 48.7 Å². The van der Waals surface area contributed by atoms with Crippen LogP contribution in [0.2, 0.25) is 0 Å². The Bertz CT molecular complexity index is 469. The van der Waals surface area contributed by atoms with Crippen molar-refractivity contribution in [1.29, 1.82) is 0 Å². The van der Waals surface area contributed by atoms with Crippen LogP contribution in [0.3, 0.4) is 0 Å². The molecule has 0 saturated heterocycles. The molecule has 0 radical (unpaired) electrons. The average molecular weight is 246 g/mol. The number of Topliss-reactive ketones (excluding diaryl/α,β-unsaturated/α-hetero) is 1. The molecule has 4 nitrogen and oxygen atoms in total. The van der Waals surface area contributed by atoms with Crippen molar-refractivity contribution in [3.63, 3.8) is 0 Å². The van der Waals surface area contributed by atoms with E-state index in [1.54, 1.807) is 0 Å². The van der Waals surface area contributed by atoms with Gasteiger partial charge in [0.2, 0.25) is 0 Å². The van der Waals surface area contributed by atoms with Gasteiger partial charge in [-0.05, 0) is 25.8 Å². The summed E-state index contributed by atoms with van der Waals surface area (Å²) in [5, 5.41) is 5.72. The zero-order valence-corrected chi connectivity index (χ0v) is 10.7. The summed E-state index contributed by atoms with van der Waals surface area (Å²) in [6, 6.07) is 7.33. The number of rotatable bonds is 2. The van der Waals surface area contributed by atoms with Crippen LogP contribution < -0.4 is 10.6 Å². The lowest BCUT2D eigenvalue weighted by atomic mass is 9.87. The van der Waals surface area contributed by atoms with Crippen LogP contribution in [0, 0.1) is 0 Å². The molecule has 96 valence electrons. The quantitative estimate of drug-likeness (QED) is 0.842. The highest BCUT2D eigenvalue weighted by molar-refractivity contribution is 5.98. The van der Waals surface area contributed by atoms with Gasteiger partial charge >= 0.3 is 6.03 Å². The molecule has 1 aliphatic rings. The van der Waals surface area contributed by atoms with Crippen molar-refractivity contribution in [3.05, 3.63) is 35.4 Å². The SMILES string of the molecule is CC(C)NC(=O)NC1CCC(=O)c2ccccc21. The maximum Gasteiger partial charge on any atom is 0.315 e. The fourth-order valence-corrected chi connectivity index (χ4v) is 2.23. The van der Waals surface area contributed by atoms with E-state index in [9.17, 15) is 9.59 Å². The Hall–Kier alpha value is -1.84. The van der Waals surface area contributed by atoms with Gasteiger partial charge in [-0.15, -0.1) is 0 Å². The fourth-order valence-electron chi connectivity index (χ4n) is 2.23. The van der Waals surface area contributed by atoms with E-state index in [-0.39, 0.29) is 23.9 Å². The van der Waals surface area contributed by atoms with E-state index in [0.29, 0.717) is 12.8 Å². The minimum atomic E-state index is -0.181. The first-order valence-corrected chi connectivity index (χ1v) is 6.27. The lowest BCUT2D eigenvalue weighted by molar-refractivity contribution is 0.0964. The lowest BCUT2D eigenvalue weighted by Gasteiger charge is -2.26. The molecule has 4 heteroatoms. The molecule has 18 heavy (non-hydrogen) atoms. The van der Waals surface area contributed by atoms with Gasteiger partial charge in [-0.2, -0.15) is 0 Å². The molecule has 2 N–H and O–H groups in total. The van der Waals surface area contributed by atoms with Crippen molar-refractivity contribution in [1.82, 2.24) is 10.6 Å². The molecule has 0 fully saturated rings. The minimum absolute atomic E-state index is 0.0716. The van der Waals surface area contributed by atoms with Crippen LogP contribution in [-0.4, -0.2) is 17.9 Å². The second kappa shape index (κ2) is 5.21. The molecule has 0 aromatic heterocycles. The lowest BCUT2D eigenvalue weighted by Crippen LogP contribution is -2.42. The van der Waals surface area contributed by atoms with E-state index >= 15 is 0 Å². The first kappa shape index (κ1) is 12.6. The Kier molecular flexibility index (Phi) is 3.65. The number of ketones is 1. The van der Waals surface area contributed by atoms with Crippen molar-refractivity contribution in [2.45, 2.75) is 38.8 Å². The Balaban J connectivity index is 2.14. The molecule has 2 amide bonds. The maximum absolute atomic E-state index is 11.8. The number of urea groups is 1. The van der Waals surface area contributed by atoms with E-state index in [4.69, 9.17) is 0 Å². The molecule has 1 aliphatic carbocycles. The third-order valence-corrected chi connectivity index (χ3v) is 3.02. The number of nitrogens with one attached hydrogen (secondary N) is 2. The number of hydrogen-bond acceptors (Lipinski definition) is 2. The molecule has 1 aromatic rings. The summed E-state index contributed by atoms with van der Waals surface area (Å²) >= 11 is 0. The monoisotopic (exact) mass is 246 g/mol. The van der Waals surface area contributed by atoms with Crippen molar-refractivity contribution in [3.8, 4) is 0 Å². The van der Waals surface area contributed by atoms with Crippen molar-refractivity contribution in [2.24, 2.45) is 0 Å². The fraction of sp³-hybridized carbons (Fsp3) is 0.429. The molecular weight excluding hydrogens is 228 g/mol. The normalized spacial score (nSPS) is 18.4. The van der Waals surface area contributed by atoms with Gasteiger partial charge in [-0.1, -0.05) is 24.3 Å². The number of amides is 2. The van der Waals surface area contributed by atoms with Crippen LogP contribution in [0.25, 0.3) is 0 Å². The number of fused-ring (bicyclic) bond motifs is 1. The summed E-state index contributed by atoms with van der Waals surface area (Å²) in [7, 11) is 0. The first-order valence-electron chi connectivity index (χ1n) is 6.27. The summed E-state index contributed by atoms with van der Waals surface area (Å²) in [5.41, 5.74) is 1.66. The first-order chi connectivity index (χ1) is 8.58. The predicted molar refractivity (Wildman–Crippen MR) is 69.6 cm³/mol. The smallest absolute Gasteiger partial charge is 0.315 e. The maximum atomic E-state index is 11.8. The molecule has 0 aliphatic heterocycles. The molecule has 0 spiro atoms. The van der Waals surface area contributed by atoms with E-state index in [0.717, 1.165) is 11.1 Å². The Morgan fingerprint density at radius 1 is 1.33 bits per heavy atom. The third kappa shape index (κ3) is 2.70. The molecule has 1 unspecified atom stereocenters. The summed E-state index contributed by atoms with van der Waals surface area (Å²) in [6.07, 6.45) is 1.16. The van der Waals surface area contributed by atoms with Gasteiger partial charge in [0.25, 0.3) is 0 Å². The van der Waals surface area contributed by atoms with Gasteiger partial charge in [0, 0.05) is 18.0 Å². The van der Waals surface area contributed by atoms with Gasteiger partial charge in [0.1, 0.15) is 0 Å². The van der Waals surface area contributed by atoms with E-state index in [1.807, 2.05) is 38.1 Å². The van der Waals surface area contributed by atoms with E-state index < -0.39 is 0 Å². The summed E-state index contributed by atoms with van der Waals surface area (Å²) < 4.78 is 0. The molecule has 0 saturated carbocycles. The Morgan fingerprint density at radius 2 is 2.06 bits per heavy atom. The minimum Gasteiger partial charge on any atom is -0.336 e. The molecule has 0 bridgehead atoms. The zero-order valence-electron chi connectivity index (χ0n) is 10.7. The van der Waals surface area contributed by atoms with Gasteiger partial charge in [-0.25, -0.2) is 4.79 Å². The largest absolute Gasteiger partial charge is 0.336 e. The second-order valence-electron chi connectivity index (χ2n) is 4.87. The average Bonchev–Trinajstić information content (AvgIpc) is 2.32. The van der Waals surface area contributed by atoms with Crippen LogP contribution in [0.4, 0.5) is 4.79 Å². The van der Waals surface area contributed by atoms with Crippen LogP contribution in [0.5, 0.6) is 0 Å². The van der Waals surface area contributed by atoms with Gasteiger partial charge < -0.3 is 10.6 Å². The highest BCUT2D eigenvalue weighted by atomic mass is 16.2. The molecule has 0 heterocycles. The summed E-state index contributed by atoms with van der Waals surface area (Å²) in [6.45, 7) is 3.83. The van der Waals surface area contributed by atoms with Crippen molar-refractivity contribution in [2.75, 3.05) is 0 Å². The van der Waals surface area contributed by atoms with Crippen LogP contribution >= 0.6 is 0 Å². The highest BCUT2D eigenvalue weighted by Crippen LogP contribution is 2.29. The van der Waals surface area contributed by atoms with E-state index in [1.165, 1.54) is 0 Å². The number of benzene rings is 1. The number of hydrogen-bond donors (Lipinski definition) is 2. The zero-order chi connectivity index (χ0) is 13.1. The van der Waals surface area contributed by atoms with Gasteiger partial charge in [-0.3, -0.25) is 4.79 Å². The van der Waals surface area contributed by atoms with Crippen molar-refractivity contribution < 1.29 is 9.59 Å². The molecular formula is C14H18N2O2. The number of carbonyl (C=O) groups is 2. The Morgan fingerprint density at radius 3 is 2.78 bits per heavy atom. The number of carbonyl (C=O) groups excluding carboxylic acids is 2. The molecule has 1 aromatic carbocycles. The topological polar surface area (TPSA) is 58.2 Å². The van der Waals surface area contributed by atoms with E-state index in [2.05, 4.69) is 10.6 Å². The van der Waals surface area contributed by atoms with Gasteiger partial charge in [0.05, 0.1) is 6.04 Å². The Labute approximate surface area is 107 Å². The van der Waals surface area contributed by atoms with Crippen LogP contribution in [0.15, 0.2) is 24.3 Å². The van der Waals surface area contributed by atoms with Crippen molar-refractivity contribution >= 4 is 11.8 Å². The predicted octanol–water partition coefficient (Wildman–Crippen LogP) is 2.41.